The Morgan fingerprint density at radius 2 is 2.38 bits per heavy atom. The van der Waals surface area contributed by atoms with Crippen LogP contribution in [0.4, 0.5) is 0 Å². The number of carbonyl (C=O) groups is 1. The van der Waals surface area contributed by atoms with Crippen molar-refractivity contribution in [3.8, 4) is 0 Å². The molecule has 0 amide bonds. The van der Waals surface area contributed by atoms with Gasteiger partial charge in [0.05, 0.1) is 0 Å². The standard InChI is InChI=1S/C6H10OS/c1-6(7)4-3-5-8-2/h3,5H,4H2,1-2H3/b5-3+. The molecule has 8 heavy (non-hydrogen) atoms. The van der Waals surface area contributed by atoms with E-state index in [9.17, 15) is 4.79 Å². The van der Waals surface area contributed by atoms with E-state index in [0.29, 0.717) is 6.42 Å². The first-order valence-electron chi connectivity index (χ1n) is 2.44. The summed E-state index contributed by atoms with van der Waals surface area (Å²) in [6.45, 7) is 1.59. The van der Waals surface area contributed by atoms with Crippen LogP contribution in [-0.4, -0.2) is 12.0 Å². The van der Waals surface area contributed by atoms with Gasteiger partial charge in [0.25, 0.3) is 0 Å². The Hall–Kier alpha value is -0.240. The zero-order valence-corrected chi connectivity index (χ0v) is 5.99. The van der Waals surface area contributed by atoms with Gasteiger partial charge in [-0.3, -0.25) is 4.79 Å². The molecular formula is C6H10OS. The summed E-state index contributed by atoms with van der Waals surface area (Å²) in [5.41, 5.74) is 0. The summed E-state index contributed by atoms with van der Waals surface area (Å²) in [7, 11) is 0. The number of carbonyl (C=O) groups excluding carboxylic acids is 1. The molecule has 0 rings (SSSR count). The number of thioether (sulfide) groups is 1. The molecular weight excluding hydrogens is 120 g/mol. The zero-order valence-electron chi connectivity index (χ0n) is 5.18. The van der Waals surface area contributed by atoms with Crippen molar-refractivity contribution in [1.82, 2.24) is 0 Å². The molecule has 0 radical (unpaired) electrons. The maximum Gasteiger partial charge on any atom is 0.133 e. The van der Waals surface area contributed by atoms with Crippen LogP contribution in [0.5, 0.6) is 0 Å². The van der Waals surface area contributed by atoms with Gasteiger partial charge < -0.3 is 0 Å². The predicted molar refractivity (Wildman–Crippen MR) is 38.0 cm³/mol. The Morgan fingerprint density at radius 1 is 1.75 bits per heavy atom. The number of hydrogen-bond acceptors (Lipinski definition) is 2. The van der Waals surface area contributed by atoms with Crippen molar-refractivity contribution < 1.29 is 4.79 Å². The molecule has 0 saturated heterocycles. The van der Waals surface area contributed by atoms with Crippen LogP contribution < -0.4 is 0 Å². The van der Waals surface area contributed by atoms with Gasteiger partial charge in [0.2, 0.25) is 0 Å². The normalized spacial score (nSPS) is 10.2. The fourth-order valence-corrected chi connectivity index (χ4v) is 0.599. The highest BCUT2D eigenvalue weighted by atomic mass is 32.2. The topological polar surface area (TPSA) is 17.1 Å². The molecule has 0 fully saturated rings. The summed E-state index contributed by atoms with van der Waals surface area (Å²) >= 11 is 1.61. The summed E-state index contributed by atoms with van der Waals surface area (Å²) in [6, 6.07) is 0. The van der Waals surface area contributed by atoms with Gasteiger partial charge in [-0.15, -0.1) is 11.8 Å². The first-order chi connectivity index (χ1) is 3.77. The number of rotatable bonds is 3. The number of Topliss-reactive ketones (excluding diaryl/α,β-unsaturated/α-hetero) is 1. The van der Waals surface area contributed by atoms with Crippen LogP contribution in [0, 0.1) is 0 Å². The molecule has 0 spiro atoms. The molecule has 0 aliphatic heterocycles. The highest BCUT2D eigenvalue weighted by Gasteiger charge is 1.82. The average molecular weight is 130 g/mol. The highest BCUT2D eigenvalue weighted by molar-refractivity contribution is 8.01. The van der Waals surface area contributed by atoms with Gasteiger partial charge in [-0.2, -0.15) is 0 Å². The first-order valence-corrected chi connectivity index (χ1v) is 3.73. The van der Waals surface area contributed by atoms with E-state index in [4.69, 9.17) is 0 Å². The number of allylic oxidation sites excluding steroid dienone is 1. The minimum atomic E-state index is 0.218. The summed E-state index contributed by atoms with van der Waals surface area (Å²) in [5.74, 6) is 0.218. The molecule has 0 aliphatic carbocycles. The Labute approximate surface area is 54.2 Å². The third kappa shape index (κ3) is 5.76. The number of hydrogen-bond donors (Lipinski definition) is 0. The average Bonchev–Trinajstić information content (AvgIpc) is 1.66. The van der Waals surface area contributed by atoms with Crippen LogP contribution in [0.25, 0.3) is 0 Å². The Morgan fingerprint density at radius 3 is 2.75 bits per heavy atom. The molecule has 0 aromatic rings. The van der Waals surface area contributed by atoms with Gasteiger partial charge in [-0.1, -0.05) is 6.08 Å². The summed E-state index contributed by atoms with van der Waals surface area (Å²) in [4.78, 5) is 10.3. The Balaban J connectivity index is 3.16. The second-order valence-corrected chi connectivity index (χ2v) is 2.26. The van der Waals surface area contributed by atoms with E-state index in [1.807, 2.05) is 17.7 Å². The fraction of sp³-hybridized carbons (Fsp3) is 0.500. The molecule has 0 aromatic heterocycles. The third-order valence-corrected chi connectivity index (χ3v) is 1.10. The molecule has 0 atom stereocenters. The molecule has 0 unspecified atom stereocenters. The first kappa shape index (κ1) is 7.76. The van der Waals surface area contributed by atoms with Gasteiger partial charge >= 0.3 is 0 Å². The van der Waals surface area contributed by atoms with Gasteiger partial charge in [0.1, 0.15) is 5.78 Å². The predicted octanol–water partition coefficient (Wildman–Crippen LogP) is 1.84. The van der Waals surface area contributed by atoms with E-state index in [1.54, 1.807) is 18.7 Å². The van der Waals surface area contributed by atoms with Gasteiger partial charge in [0.15, 0.2) is 0 Å². The molecule has 0 aliphatic rings. The van der Waals surface area contributed by atoms with Crippen molar-refractivity contribution in [3.05, 3.63) is 11.5 Å². The van der Waals surface area contributed by atoms with Gasteiger partial charge in [-0.05, 0) is 18.6 Å². The van der Waals surface area contributed by atoms with Crippen molar-refractivity contribution in [2.24, 2.45) is 0 Å². The maximum absolute atomic E-state index is 10.3. The van der Waals surface area contributed by atoms with Crippen LogP contribution in [0.3, 0.4) is 0 Å². The van der Waals surface area contributed by atoms with E-state index in [-0.39, 0.29) is 5.78 Å². The van der Waals surface area contributed by atoms with Crippen LogP contribution in [-0.2, 0) is 4.79 Å². The lowest BCUT2D eigenvalue weighted by molar-refractivity contribution is -0.116. The molecule has 0 N–H and O–H groups in total. The monoisotopic (exact) mass is 130 g/mol. The minimum Gasteiger partial charge on any atom is -0.300 e. The van der Waals surface area contributed by atoms with Crippen LogP contribution in [0.1, 0.15) is 13.3 Å². The zero-order chi connectivity index (χ0) is 6.41. The second-order valence-electron chi connectivity index (χ2n) is 1.51. The van der Waals surface area contributed by atoms with Crippen molar-refractivity contribution in [2.75, 3.05) is 6.26 Å². The SMILES string of the molecule is CS/C=C/CC(C)=O. The third-order valence-electron chi connectivity index (χ3n) is 0.638. The summed E-state index contributed by atoms with van der Waals surface area (Å²) < 4.78 is 0. The fourth-order valence-electron chi connectivity index (χ4n) is 0.310. The van der Waals surface area contributed by atoms with E-state index in [2.05, 4.69) is 0 Å². The van der Waals surface area contributed by atoms with E-state index in [0.717, 1.165) is 0 Å². The largest absolute Gasteiger partial charge is 0.300 e. The van der Waals surface area contributed by atoms with Crippen molar-refractivity contribution in [1.29, 1.82) is 0 Å². The molecule has 1 nitrogen and oxygen atoms in total. The van der Waals surface area contributed by atoms with Gasteiger partial charge in [-0.25, -0.2) is 0 Å². The molecule has 0 heterocycles. The van der Waals surface area contributed by atoms with Crippen molar-refractivity contribution in [2.45, 2.75) is 13.3 Å². The van der Waals surface area contributed by atoms with Crippen molar-refractivity contribution in [3.63, 3.8) is 0 Å². The lowest BCUT2D eigenvalue weighted by Crippen LogP contribution is -1.82. The van der Waals surface area contributed by atoms with Crippen LogP contribution >= 0.6 is 11.8 Å². The molecule has 0 bridgehead atoms. The minimum absolute atomic E-state index is 0.218. The molecule has 2 heteroatoms. The quantitative estimate of drug-likeness (QED) is 0.580. The number of ketones is 1. The molecule has 46 valence electrons. The lowest BCUT2D eigenvalue weighted by Gasteiger charge is -1.80. The van der Waals surface area contributed by atoms with Crippen molar-refractivity contribution >= 4 is 17.5 Å². The molecule has 0 aromatic carbocycles. The van der Waals surface area contributed by atoms with E-state index < -0.39 is 0 Å². The van der Waals surface area contributed by atoms with Gasteiger partial charge in [0, 0.05) is 6.42 Å². The van der Waals surface area contributed by atoms with Crippen LogP contribution in [0.2, 0.25) is 0 Å². The highest BCUT2D eigenvalue weighted by Crippen LogP contribution is 1.94. The van der Waals surface area contributed by atoms with Crippen LogP contribution in [0.15, 0.2) is 11.5 Å². The maximum atomic E-state index is 10.3. The lowest BCUT2D eigenvalue weighted by atomic mass is 10.3. The summed E-state index contributed by atoms with van der Waals surface area (Å²) in [6.07, 6.45) is 4.41. The smallest absolute Gasteiger partial charge is 0.133 e. The Bertz CT molecular complexity index is 96.7. The molecule has 0 saturated carbocycles. The summed E-state index contributed by atoms with van der Waals surface area (Å²) in [5, 5.41) is 1.92. The Kier molecular flexibility index (Phi) is 4.76. The van der Waals surface area contributed by atoms with E-state index in [1.165, 1.54) is 0 Å². The second kappa shape index (κ2) is 4.91. The van der Waals surface area contributed by atoms with E-state index >= 15 is 0 Å².